The molecule has 1 aliphatic rings. The summed E-state index contributed by atoms with van der Waals surface area (Å²) in [6, 6.07) is 1.76. The maximum Gasteiger partial charge on any atom is 0.303 e. The van der Waals surface area contributed by atoms with E-state index in [4.69, 9.17) is 18.9 Å². The van der Waals surface area contributed by atoms with Crippen LogP contribution < -0.4 is 5.32 Å². The van der Waals surface area contributed by atoms with Gasteiger partial charge < -0.3 is 29.4 Å². The van der Waals surface area contributed by atoms with E-state index in [0.717, 1.165) is 13.8 Å². The zero-order chi connectivity index (χ0) is 21.6. The molecule has 1 saturated heterocycles. The van der Waals surface area contributed by atoms with Crippen molar-refractivity contribution in [3.05, 3.63) is 30.1 Å². The maximum absolute atomic E-state index is 12.5. The number of pyridine rings is 1. The highest BCUT2D eigenvalue weighted by molar-refractivity contribution is 5.94. The second kappa shape index (κ2) is 9.94. The largest absolute Gasteiger partial charge is 0.463 e. The Balaban J connectivity index is 2.30. The SMILES string of the molecule is CC(=O)OC[C@H]1O[C@@H](O)[C@H](NC(=O)c2cccnc2)[C@@H](OC(C)=O)[C@H]1OC(C)=O. The van der Waals surface area contributed by atoms with Gasteiger partial charge in [0.25, 0.3) is 5.91 Å². The van der Waals surface area contributed by atoms with E-state index in [2.05, 4.69) is 10.3 Å². The third kappa shape index (κ3) is 6.22. The third-order valence-electron chi connectivity index (χ3n) is 3.94. The molecule has 0 saturated carbocycles. The van der Waals surface area contributed by atoms with Gasteiger partial charge in [-0.2, -0.15) is 0 Å². The summed E-state index contributed by atoms with van der Waals surface area (Å²) in [5.74, 6) is -2.71. The van der Waals surface area contributed by atoms with E-state index in [-0.39, 0.29) is 12.2 Å². The molecule has 0 bridgehead atoms. The molecule has 1 aromatic heterocycles. The lowest BCUT2D eigenvalue weighted by Gasteiger charge is -2.43. The smallest absolute Gasteiger partial charge is 0.303 e. The molecule has 0 radical (unpaired) electrons. The van der Waals surface area contributed by atoms with Crippen molar-refractivity contribution < 1.29 is 43.2 Å². The molecule has 0 unspecified atom stereocenters. The zero-order valence-corrected chi connectivity index (χ0v) is 16.1. The van der Waals surface area contributed by atoms with E-state index in [1.165, 1.54) is 25.4 Å². The van der Waals surface area contributed by atoms with Gasteiger partial charge >= 0.3 is 17.9 Å². The molecule has 5 atom stereocenters. The van der Waals surface area contributed by atoms with Crippen LogP contribution in [0.15, 0.2) is 24.5 Å². The highest BCUT2D eigenvalue weighted by Gasteiger charge is 2.50. The minimum atomic E-state index is -1.65. The van der Waals surface area contributed by atoms with Crippen molar-refractivity contribution in [2.75, 3.05) is 6.61 Å². The molecule has 11 heteroatoms. The summed E-state index contributed by atoms with van der Waals surface area (Å²) in [5.41, 5.74) is 0.187. The van der Waals surface area contributed by atoms with Crippen molar-refractivity contribution in [3.63, 3.8) is 0 Å². The van der Waals surface area contributed by atoms with Gasteiger partial charge in [-0.25, -0.2) is 0 Å². The van der Waals surface area contributed by atoms with Crippen LogP contribution in [0.2, 0.25) is 0 Å². The van der Waals surface area contributed by atoms with Gasteiger partial charge in [0, 0.05) is 33.2 Å². The first-order valence-corrected chi connectivity index (χ1v) is 8.71. The molecule has 1 amide bonds. The number of carbonyl (C=O) groups excluding carboxylic acids is 4. The molecule has 11 nitrogen and oxygen atoms in total. The fraction of sp³-hybridized carbons (Fsp3) is 0.500. The lowest BCUT2D eigenvalue weighted by atomic mass is 9.96. The predicted molar refractivity (Wildman–Crippen MR) is 94.1 cm³/mol. The van der Waals surface area contributed by atoms with Gasteiger partial charge in [-0.05, 0) is 12.1 Å². The molecule has 158 valence electrons. The van der Waals surface area contributed by atoms with Crippen molar-refractivity contribution >= 4 is 23.8 Å². The summed E-state index contributed by atoms with van der Waals surface area (Å²) >= 11 is 0. The number of esters is 3. The number of aromatic nitrogens is 1. The lowest BCUT2D eigenvalue weighted by molar-refractivity contribution is -0.263. The Morgan fingerprint density at radius 1 is 1.10 bits per heavy atom. The van der Waals surface area contributed by atoms with E-state index >= 15 is 0 Å². The van der Waals surface area contributed by atoms with E-state index in [0.29, 0.717) is 0 Å². The quantitative estimate of drug-likeness (QED) is 0.456. The van der Waals surface area contributed by atoms with Crippen molar-refractivity contribution in [3.8, 4) is 0 Å². The molecule has 0 spiro atoms. The maximum atomic E-state index is 12.5. The molecule has 29 heavy (non-hydrogen) atoms. The molecular weight excluding hydrogens is 388 g/mol. The highest BCUT2D eigenvalue weighted by Crippen LogP contribution is 2.26. The minimum absolute atomic E-state index is 0.187. The highest BCUT2D eigenvalue weighted by atomic mass is 16.7. The fourth-order valence-electron chi connectivity index (χ4n) is 2.80. The zero-order valence-electron chi connectivity index (χ0n) is 16.1. The van der Waals surface area contributed by atoms with Crippen molar-refractivity contribution in [1.29, 1.82) is 0 Å². The fourth-order valence-corrected chi connectivity index (χ4v) is 2.80. The Kier molecular flexibility index (Phi) is 7.62. The number of hydrogen-bond acceptors (Lipinski definition) is 10. The Morgan fingerprint density at radius 3 is 2.31 bits per heavy atom. The number of nitrogens with one attached hydrogen (secondary N) is 1. The molecule has 0 aliphatic carbocycles. The second-order valence-corrected chi connectivity index (χ2v) is 6.26. The summed E-state index contributed by atoms with van der Waals surface area (Å²) in [6.45, 7) is 3.04. The Bertz CT molecular complexity index is 755. The van der Waals surface area contributed by atoms with Crippen LogP contribution in [-0.4, -0.2) is 71.2 Å². The lowest BCUT2D eigenvalue weighted by Crippen LogP contribution is -2.66. The molecule has 1 fully saturated rings. The monoisotopic (exact) mass is 410 g/mol. The average molecular weight is 410 g/mol. The number of carbonyl (C=O) groups is 4. The number of aliphatic hydroxyl groups is 1. The number of aliphatic hydroxyl groups excluding tert-OH is 1. The van der Waals surface area contributed by atoms with E-state index in [1.54, 1.807) is 6.07 Å². The number of amides is 1. The third-order valence-corrected chi connectivity index (χ3v) is 3.94. The summed E-state index contributed by atoms with van der Waals surface area (Å²) in [6.07, 6.45) is -2.55. The minimum Gasteiger partial charge on any atom is -0.463 e. The first-order chi connectivity index (χ1) is 13.7. The molecule has 2 rings (SSSR count). The standard InChI is InChI=1S/C18H22N2O9/c1-9(21)26-8-13-15(27-10(2)22)16(28-11(3)23)14(18(25)29-13)20-17(24)12-5-4-6-19-7-12/h4-7,13-16,18,25H,8H2,1-3H3,(H,20,24)/t13-,14-,15+,16-,18-/m1/s1. The Labute approximate surface area is 166 Å². The van der Waals surface area contributed by atoms with E-state index in [9.17, 15) is 24.3 Å². The van der Waals surface area contributed by atoms with Gasteiger partial charge in [0.2, 0.25) is 0 Å². The van der Waals surface area contributed by atoms with Crippen LogP contribution in [0.5, 0.6) is 0 Å². The van der Waals surface area contributed by atoms with Gasteiger partial charge in [-0.3, -0.25) is 24.2 Å². The molecule has 0 aromatic carbocycles. The number of rotatable bonds is 6. The molecule has 1 aliphatic heterocycles. The van der Waals surface area contributed by atoms with Crippen molar-refractivity contribution in [1.82, 2.24) is 10.3 Å². The van der Waals surface area contributed by atoms with Crippen LogP contribution in [-0.2, 0) is 33.3 Å². The number of ether oxygens (including phenoxy) is 4. The van der Waals surface area contributed by atoms with Crippen molar-refractivity contribution in [2.24, 2.45) is 0 Å². The molecular formula is C18H22N2O9. The normalized spacial score (nSPS) is 26.1. The van der Waals surface area contributed by atoms with Gasteiger partial charge in [-0.15, -0.1) is 0 Å². The van der Waals surface area contributed by atoms with Crippen LogP contribution in [0.4, 0.5) is 0 Å². The second-order valence-electron chi connectivity index (χ2n) is 6.26. The van der Waals surface area contributed by atoms with Crippen LogP contribution in [0.1, 0.15) is 31.1 Å². The van der Waals surface area contributed by atoms with Gasteiger partial charge in [0.05, 0.1) is 5.56 Å². The molecule has 1 aromatic rings. The Morgan fingerprint density at radius 2 is 1.76 bits per heavy atom. The summed E-state index contributed by atoms with van der Waals surface area (Å²) < 4.78 is 20.7. The first-order valence-electron chi connectivity index (χ1n) is 8.71. The van der Waals surface area contributed by atoms with E-state index in [1.807, 2.05) is 0 Å². The van der Waals surface area contributed by atoms with Crippen molar-refractivity contribution in [2.45, 2.75) is 51.4 Å². The van der Waals surface area contributed by atoms with E-state index < -0.39 is 54.5 Å². The summed E-state index contributed by atoms with van der Waals surface area (Å²) in [7, 11) is 0. The summed E-state index contributed by atoms with van der Waals surface area (Å²) in [4.78, 5) is 50.6. The van der Waals surface area contributed by atoms with Crippen LogP contribution in [0, 0.1) is 0 Å². The van der Waals surface area contributed by atoms with Gasteiger partial charge in [0.1, 0.15) is 18.8 Å². The number of hydrogen-bond donors (Lipinski definition) is 2. The number of nitrogens with zero attached hydrogens (tertiary/aromatic N) is 1. The Hall–Kier alpha value is -3.05. The first kappa shape index (κ1) is 22.2. The van der Waals surface area contributed by atoms with Crippen LogP contribution >= 0.6 is 0 Å². The van der Waals surface area contributed by atoms with Crippen LogP contribution in [0.25, 0.3) is 0 Å². The predicted octanol–water partition coefficient (Wildman–Crippen LogP) is -0.676. The molecule has 2 heterocycles. The van der Waals surface area contributed by atoms with Gasteiger partial charge in [0.15, 0.2) is 18.5 Å². The average Bonchev–Trinajstić information content (AvgIpc) is 2.65. The summed E-state index contributed by atoms with van der Waals surface area (Å²) in [5, 5.41) is 12.9. The van der Waals surface area contributed by atoms with Gasteiger partial charge in [-0.1, -0.05) is 0 Å². The van der Waals surface area contributed by atoms with Crippen LogP contribution in [0.3, 0.4) is 0 Å². The topological polar surface area (TPSA) is 150 Å². The molecule has 2 N–H and O–H groups in total.